The molecule has 1 N–H and O–H groups in total. The molecule has 2 heterocycles. The van der Waals surface area contributed by atoms with Crippen LogP contribution in [0.25, 0.3) is 61.5 Å². The summed E-state index contributed by atoms with van der Waals surface area (Å²) in [5.74, 6) is 0. The molecule has 0 bridgehead atoms. The lowest BCUT2D eigenvalue weighted by Crippen LogP contribution is -2.02. The van der Waals surface area contributed by atoms with Crippen LogP contribution in [0.5, 0.6) is 0 Å². The summed E-state index contributed by atoms with van der Waals surface area (Å²) in [7, 11) is 0. The second kappa shape index (κ2) is 7.60. The molecule has 0 saturated heterocycles. The monoisotopic (exact) mass is 462 g/mol. The highest BCUT2D eigenvalue weighted by atomic mass is 15.0. The summed E-state index contributed by atoms with van der Waals surface area (Å²) in [4.78, 5) is 3.66. The molecule has 0 unspecified atom stereocenters. The van der Waals surface area contributed by atoms with Gasteiger partial charge < -0.3 is 9.55 Å². The standard InChI is InChI=1S/C34H26N2/c1-2-10-23(11-3-1)36-33-17-9-7-14-26(33)30-21-28(24-12-4-5-15-27(24)34(30)36)22-18-19-32-29(20-22)25-13-6-8-16-31(25)35-32/h1-7,10-15,18-21,35H,8-9,16-17H2. The van der Waals surface area contributed by atoms with Crippen LogP contribution in [0.4, 0.5) is 0 Å². The topological polar surface area (TPSA) is 20.7 Å². The second-order valence-electron chi connectivity index (χ2n) is 10.1. The number of para-hydroxylation sites is 1. The SMILES string of the molecule is C1=Cc2c([nH]c3ccc(-c4cc5c6c(n(-c7ccccc7)c5c5ccccc45)CCC=C6)cc23)CC1. The highest BCUT2D eigenvalue weighted by Gasteiger charge is 2.22. The number of allylic oxidation sites excluding steroid dienone is 2. The molecule has 2 aliphatic carbocycles. The van der Waals surface area contributed by atoms with E-state index in [0.29, 0.717) is 0 Å². The van der Waals surface area contributed by atoms with Crippen LogP contribution in [0, 0.1) is 0 Å². The molecule has 0 saturated carbocycles. The van der Waals surface area contributed by atoms with Crippen LogP contribution in [0.3, 0.4) is 0 Å². The Hall–Kier alpha value is -4.30. The van der Waals surface area contributed by atoms with Crippen molar-refractivity contribution in [2.75, 3.05) is 0 Å². The average molecular weight is 463 g/mol. The molecule has 2 nitrogen and oxygen atoms in total. The van der Waals surface area contributed by atoms with Crippen molar-refractivity contribution in [2.24, 2.45) is 0 Å². The molecule has 36 heavy (non-hydrogen) atoms. The molecule has 172 valence electrons. The van der Waals surface area contributed by atoms with E-state index in [4.69, 9.17) is 0 Å². The molecule has 8 rings (SSSR count). The van der Waals surface area contributed by atoms with Gasteiger partial charge in [-0.3, -0.25) is 0 Å². The van der Waals surface area contributed by atoms with Crippen molar-refractivity contribution in [1.29, 1.82) is 0 Å². The first-order valence-electron chi connectivity index (χ1n) is 13.0. The second-order valence-corrected chi connectivity index (χ2v) is 10.1. The molecule has 0 spiro atoms. The summed E-state index contributed by atoms with van der Waals surface area (Å²) in [6, 6.07) is 29.2. The fraction of sp³-hybridized carbons (Fsp3) is 0.118. The number of rotatable bonds is 2. The van der Waals surface area contributed by atoms with Crippen molar-refractivity contribution < 1.29 is 0 Å². The van der Waals surface area contributed by atoms with Gasteiger partial charge in [-0.15, -0.1) is 0 Å². The van der Waals surface area contributed by atoms with Gasteiger partial charge in [0.1, 0.15) is 0 Å². The normalized spacial score (nSPS) is 14.6. The number of hydrogen-bond donors (Lipinski definition) is 1. The Kier molecular flexibility index (Phi) is 4.21. The van der Waals surface area contributed by atoms with Crippen molar-refractivity contribution in [2.45, 2.75) is 25.7 Å². The number of fused-ring (bicyclic) bond motifs is 8. The van der Waals surface area contributed by atoms with Gasteiger partial charge in [0.25, 0.3) is 0 Å². The van der Waals surface area contributed by atoms with Crippen LogP contribution in [0.15, 0.2) is 91.0 Å². The van der Waals surface area contributed by atoms with Crippen molar-refractivity contribution >= 4 is 44.7 Å². The number of hydrogen-bond acceptors (Lipinski definition) is 0. The molecule has 2 heteroatoms. The van der Waals surface area contributed by atoms with Crippen LogP contribution in [-0.2, 0) is 12.8 Å². The summed E-state index contributed by atoms with van der Waals surface area (Å²) < 4.78 is 2.51. The van der Waals surface area contributed by atoms with E-state index in [1.54, 1.807) is 0 Å². The zero-order valence-electron chi connectivity index (χ0n) is 20.1. The van der Waals surface area contributed by atoms with E-state index in [1.165, 1.54) is 71.9 Å². The Bertz CT molecular complexity index is 1880. The molecule has 2 aliphatic rings. The van der Waals surface area contributed by atoms with Gasteiger partial charge in [0.2, 0.25) is 0 Å². The fourth-order valence-electron chi connectivity index (χ4n) is 6.42. The predicted octanol–water partition coefficient (Wildman–Crippen LogP) is 8.85. The van der Waals surface area contributed by atoms with E-state index in [9.17, 15) is 0 Å². The largest absolute Gasteiger partial charge is 0.358 e. The van der Waals surface area contributed by atoms with Gasteiger partial charge in [-0.25, -0.2) is 0 Å². The summed E-state index contributed by atoms with van der Waals surface area (Å²) in [5.41, 5.74) is 11.9. The number of benzene rings is 4. The number of aromatic nitrogens is 2. The van der Waals surface area contributed by atoms with Crippen molar-refractivity contribution in [3.8, 4) is 16.8 Å². The zero-order chi connectivity index (χ0) is 23.6. The van der Waals surface area contributed by atoms with Crippen molar-refractivity contribution in [3.63, 3.8) is 0 Å². The van der Waals surface area contributed by atoms with Gasteiger partial charge in [-0.2, -0.15) is 0 Å². The number of nitrogens with one attached hydrogen (secondary N) is 1. The number of aryl methyl sites for hydroxylation is 1. The molecule has 2 aromatic heterocycles. The third-order valence-electron chi connectivity index (χ3n) is 8.03. The summed E-state index contributed by atoms with van der Waals surface area (Å²) in [6.45, 7) is 0. The number of H-pyrrole nitrogens is 1. The lowest BCUT2D eigenvalue weighted by atomic mass is 9.92. The molecule has 0 fully saturated rings. The van der Waals surface area contributed by atoms with E-state index in [2.05, 4.69) is 113 Å². The molecule has 0 radical (unpaired) electrons. The number of nitrogens with zero attached hydrogens (tertiary/aromatic N) is 1. The lowest BCUT2D eigenvalue weighted by molar-refractivity contribution is 0.890. The third-order valence-corrected chi connectivity index (χ3v) is 8.03. The molecule has 0 amide bonds. The first-order chi connectivity index (χ1) is 17.9. The molecule has 6 aromatic rings. The maximum atomic E-state index is 3.66. The molecule has 0 aliphatic heterocycles. The minimum absolute atomic E-state index is 1.06. The molecular formula is C34H26N2. The van der Waals surface area contributed by atoms with Crippen LogP contribution in [0.1, 0.15) is 35.4 Å². The number of aromatic amines is 1. The van der Waals surface area contributed by atoms with E-state index >= 15 is 0 Å². The molecule has 4 aromatic carbocycles. The van der Waals surface area contributed by atoms with E-state index in [-0.39, 0.29) is 0 Å². The van der Waals surface area contributed by atoms with E-state index < -0.39 is 0 Å². The van der Waals surface area contributed by atoms with Gasteiger partial charge in [0.05, 0.1) is 5.52 Å². The summed E-state index contributed by atoms with van der Waals surface area (Å²) in [5, 5.41) is 5.29. The van der Waals surface area contributed by atoms with Gasteiger partial charge in [0, 0.05) is 49.9 Å². The quantitative estimate of drug-likeness (QED) is 0.265. The predicted molar refractivity (Wildman–Crippen MR) is 153 cm³/mol. The summed E-state index contributed by atoms with van der Waals surface area (Å²) in [6.07, 6.45) is 13.6. The van der Waals surface area contributed by atoms with E-state index in [0.717, 1.165) is 25.7 Å². The Balaban J connectivity index is 1.47. The third kappa shape index (κ3) is 2.79. The molecule has 0 atom stereocenters. The smallest absolute Gasteiger partial charge is 0.0616 e. The van der Waals surface area contributed by atoms with Crippen LogP contribution in [-0.4, -0.2) is 9.55 Å². The first kappa shape index (κ1) is 19.9. The van der Waals surface area contributed by atoms with Crippen molar-refractivity contribution in [1.82, 2.24) is 9.55 Å². The highest BCUT2D eigenvalue weighted by molar-refractivity contribution is 6.16. The van der Waals surface area contributed by atoms with Crippen LogP contribution >= 0.6 is 0 Å². The van der Waals surface area contributed by atoms with Gasteiger partial charge in [0.15, 0.2) is 0 Å². The Labute approximate surface area is 210 Å². The summed E-state index contributed by atoms with van der Waals surface area (Å²) >= 11 is 0. The zero-order valence-corrected chi connectivity index (χ0v) is 20.1. The lowest BCUT2D eigenvalue weighted by Gasteiger charge is -2.15. The van der Waals surface area contributed by atoms with Gasteiger partial charge in [-0.1, -0.05) is 72.8 Å². The molecular weight excluding hydrogens is 436 g/mol. The fourth-order valence-corrected chi connectivity index (χ4v) is 6.42. The van der Waals surface area contributed by atoms with Crippen LogP contribution < -0.4 is 0 Å². The Morgan fingerprint density at radius 1 is 0.639 bits per heavy atom. The minimum atomic E-state index is 1.06. The first-order valence-corrected chi connectivity index (χ1v) is 13.0. The maximum Gasteiger partial charge on any atom is 0.0616 e. The van der Waals surface area contributed by atoms with Crippen LogP contribution in [0.2, 0.25) is 0 Å². The highest BCUT2D eigenvalue weighted by Crippen LogP contribution is 2.42. The van der Waals surface area contributed by atoms with Gasteiger partial charge in [-0.05, 0) is 72.5 Å². The van der Waals surface area contributed by atoms with Crippen molar-refractivity contribution in [3.05, 3.63) is 114 Å². The Morgan fingerprint density at radius 2 is 1.42 bits per heavy atom. The maximum absolute atomic E-state index is 3.66. The van der Waals surface area contributed by atoms with E-state index in [1.807, 2.05) is 0 Å². The average Bonchev–Trinajstić information content (AvgIpc) is 3.48. The van der Waals surface area contributed by atoms with Gasteiger partial charge >= 0.3 is 0 Å². The minimum Gasteiger partial charge on any atom is -0.358 e. The Morgan fingerprint density at radius 3 is 2.31 bits per heavy atom.